The number of amides is 2. The maximum absolute atomic E-state index is 13.4. The molecule has 0 atom stereocenters. The molecule has 1 aliphatic rings. The van der Waals surface area contributed by atoms with Crippen LogP contribution in [0.5, 0.6) is 0 Å². The van der Waals surface area contributed by atoms with Crippen LogP contribution >= 0.6 is 0 Å². The number of nitrogens with one attached hydrogen (secondary N) is 1. The third-order valence-corrected chi connectivity index (χ3v) is 6.25. The van der Waals surface area contributed by atoms with Crippen molar-refractivity contribution >= 4 is 34.1 Å². The Balaban J connectivity index is 1.42. The van der Waals surface area contributed by atoms with Crippen molar-refractivity contribution in [1.82, 2.24) is 9.55 Å². The summed E-state index contributed by atoms with van der Waals surface area (Å²) in [5, 5.41) is 3.36. The molecule has 0 unspecified atom stereocenters. The Hall–Kier alpha value is -4.33. The molecule has 5 rings (SSSR count). The Bertz CT molecular complexity index is 1510. The zero-order valence-corrected chi connectivity index (χ0v) is 19.1. The molecule has 2 amide bonds. The van der Waals surface area contributed by atoms with Crippen molar-refractivity contribution in [2.24, 2.45) is 0 Å². The van der Waals surface area contributed by atoms with Crippen LogP contribution in [0.1, 0.15) is 28.2 Å². The van der Waals surface area contributed by atoms with Crippen LogP contribution in [0.15, 0.2) is 71.5 Å². The molecule has 35 heavy (non-hydrogen) atoms. The van der Waals surface area contributed by atoms with Gasteiger partial charge in [0.1, 0.15) is 18.2 Å². The summed E-state index contributed by atoms with van der Waals surface area (Å²) >= 11 is 0. The van der Waals surface area contributed by atoms with Gasteiger partial charge >= 0.3 is 0 Å². The Kier molecular flexibility index (Phi) is 5.86. The van der Waals surface area contributed by atoms with E-state index in [1.54, 1.807) is 42.2 Å². The first-order valence-corrected chi connectivity index (χ1v) is 11.4. The van der Waals surface area contributed by atoms with Crippen LogP contribution in [-0.2, 0) is 17.8 Å². The molecule has 7 nitrogen and oxygen atoms in total. The van der Waals surface area contributed by atoms with E-state index in [-0.39, 0.29) is 23.9 Å². The van der Waals surface area contributed by atoms with E-state index in [0.717, 1.165) is 5.56 Å². The molecule has 176 valence electrons. The standard InChI is InChI=1S/C27H23FN4O3/c1-17-29-23-8-3-2-6-21(23)27(35)32(17)16-25(33)31-15-5-7-20-22(9-4-10-24(20)31)30-26(34)18-11-13-19(28)14-12-18/h2-4,6,8-14H,5,7,15-16H2,1H3,(H,30,34). The molecule has 4 aromatic rings. The van der Waals surface area contributed by atoms with Crippen LogP contribution in [0.2, 0.25) is 0 Å². The van der Waals surface area contributed by atoms with E-state index >= 15 is 0 Å². The number of anilines is 2. The quantitative estimate of drug-likeness (QED) is 0.487. The van der Waals surface area contributed by atoms with E-state index in [0.29, 0.717) is 53.1 Å². The number of aryl methyl sites for hydroxylation is 1. The van der Waals surface area contributed by atoms with Crippen molar-refractivity contribution in [2.45, 2.75) is 26.3 Å². The van der Waals surface area contributed by atoms with Gasteiger partial charge in [0.25, 0.3) is 11.5 Å². The molecular formula is C27H23FN4O3. The number of fused-ring (bicyclic) bond motifs is 2. The van der Waals surface area contributed by atoms with Crippen molar-refractivity contribution in [3.05, 3.63) is 99.9 Å². The van der Waals surface area contributed by atoms with Crippen LogP contribution in [0.3, 0.4) is 0 Å². The molecule has 1 aliphatic heterocycles. The van der Waals surface area contributed by atoms with E-state index in [2.05, 4.69) is 10.3 Å². The lowest BCUT2D eigenvalue weighted by atomic mass is 9.99. The molecule has 1 N–H and O–H groups in total. The van der Waals surface area contributed by atoms with Gasteiger partial charge in [0.2, 0.25) is 5.91 Å². The number of hydrogen-bond donors (Lipinski definition) is 1. The summed E-state index contributed by atoms with van der Waals surface area (Å²) in [6.07, 6.45) is 1.40. The highest BCUT2D eigenvalue weighted by Crippen LogP contribution is 2.33. The summed E-state index contributed by atoms with van der Waals surface area (Å²) in [5.41, 5.74) is 2.85. The van der Waals surface area contributed by atoms with Crippen LogP contribution in [0.25, 0.3) is 10.9 Å². The summed E-state index contributed by atoms with van der Waals surface area (Å²) in [6.45, 7) is 2.10. The highest BCUT2D eigenvalue weighted by Gasteiger charge is 2.26. The second kappa shape index (κ2) is 9.13. The summed E-state index contributed by atoms with van der Waals surface area (Å²) in [6, 6.07) is 17.8. The molecule has 0 saturated carbocycles. The first-order valence-electron chi connectivity index (χ1n) is 11.4. The maximum Gasteiger partial charge on any atom is 0.261 e. The second-order valence-electron chi connectivity index (χ2n) is 8.48. The molecular weight excluding hydrogens is 447 g/mol. The molecule has 0 bridgehead atoms. The second-order valence-corrected chi connectivity index (χ2v) is 8.48. The van der Waals surface area contributed by atoms with Gasteiger partial charge in [-0.05, 0) is 73.9 Å². The van der Waals surface area contributed by atoms with E-state index in [9.17, 15) is 18.8 Å². The van der Waals surface area contributed by atoms with Gasteiger partial charge in [0.05, 0.1) is 10.9 Å². The Morgan fingerprint density at radius 3 is 2.60 bits per heavy atom. The smallest absolute Gasteiger partial charge is 0.261 e. The fourth-order valence-corrected chi connectivity index (χ4v) is 4.48. The van der Waals surface area contributed by atoms with Crippen molar-refractivity contribution < 1.29 is 14.0 Å². The van der Waals surface area contributed by atoms with Gasteiger partial charge in [-0.3, -0.25) is 19.0 Å². The molecule has 8 heteroatoms. The summed E-state index contributed by atoms with van der Waals surface area (Å²) < 4.78 is 14.6. The lowest BCUT2D eigenvalue weighted by Gasteiger charge is -2.31. The molecule has 0 radical (unpaired) electrons. The SMILES string of the molecule is Cc1nc2ccccc2c(=O)n1CC(=O)N1CCCc2c(NC(=O)c3ccc(F)cc3)cccc21. The van der Waals surface area contributed by atoms with E-state index in [4.69, 9.17) is 0 Å². The number of nitrogens with zero attached hydrogens (tertiary/aromatic N) is 3. The van der Waals surface area contributed by atoms with Crippen molar-refractivity contribution in [1.29, 1.82) is 0 Å². The minimum Gasteiger partial charge on any atom is -0.322 e. The van der Waals surface area contributed by atoms with Crippen LogP contribution in [-0.4, -0.2) is 27.9 Å². The molecule has 1 aromatic heterocycles. The minimum absolute atomic E-state index is 0.131. The molecule has 3 aromatic carbocycles. The van der Waals surface area contributed by atoms with Gasteiger partial charge in [-0.15, -0.1) is 0 Å². The van der Waals surface area contributed by atoms with Crippen molar-refractivity contribution in [3.63, 3.8) is 0 Å². The average Bonchev–Trinajstić information content (AvgIpc) is 2.86. The first-order chi connectivity index (χ1) is 16.9. The highest BCUT2D eigenvalue weighted by atomic mass is 19.1. The van der Waals surface area contributed by atoms with E-state index < -0.39 is 5.82 Å². The third kappa shape index (κ3) is 4.30. The average molecular weight is 471 g/mol. The highest BCUT2D eigenvalue weighted by molar-refractivity contribution is 6.05. The number of carbonyl (C=O) groups excluding carboxylic acids is 2. The monoisotopic (exact) mass is 470 g/mol. The predicted octanol–water partition coefficient (Wildman–Crippen LogP) is 4.08. The van der Waals surface area contributed by atoms with E-state index in [1.807, 2.05) is 12.1 Å². The number of benzene rings is 3. The molecule has 0 fully saturated rings. The lowest BCUT2D eigenvalue weighted by Crippen LogP contribution is -2.40. The van der Waals surface area contributed by atoms with Gasteiger partial charge in [-0.1, -0.05) is 18.2 Å². The van der Waals surface area contributed by atoms with Crippen molar-refractivity contribution in [3.8, 4) is 0 Å². The van der Waals surface area contributed by atoms with Gasteiger partial charge in [-0.25, -0.2) is 9.37 Å². The maximum atomic E-state index is 13.4. The number of rotatable bonds is 4. The van der Waals surface area contributed by atoms with Gasteiger partial charge in [-0.2, -0.15) is 0 Å². The zero-order valence-electron chi connectivity index (χ0n) is 19.1. The topological polar surface area (TPSA) is 84.3 Å². The number of para-hydroxylation sites is 1. The van der Waals surface area contributed by atoms with Crippen molar-refractivity contribution in [2.75, 3.05) is 16.8 Å². The number of hydrogen-bond acceptors (Lipinski definition) is 4. The molecule has 2 heterocycles. The molecule has 0 saturated heterocycles. The molecule has 0 spiro atoms. The summed E-state index contributed by atoms with van der Waals surface area (Å²) in [7, 11) is 0. The van der Waals surface area contributed by atoms with Gasteiger partial charge in [0, 0.05) is 23.5 Å². The van der Waals surface area contributed by atoms with Gasteiger partial charge < -0.3 is 10.2 Å². The number of halogens is 1. The van der Waals surface area contributed by atoms with Crippen LogP contribution in [0.4, 0.5) is 15.8 Å². The minimum atomic E-state index is -0.413. The summed E-state index contributed by atoms with van der Waals surface area (Å²) in [5.74, 6) is -0.523. The zero-order chi connectivity index (χ0) is 24.5. The lowest BCUT2D eigenvalue weighted by molar-refractivity contribution is -0.119. The Labute approximate surface area is 200 Å². The molecule has 0 aliphatic carbocycles. The van der Waals surface area contributed by atoms with Gasteiger partial charge in [0.15, 0.2) is 0 Å². The Morgan fingerprint density at radius 1 is 1.03 bits per heavy atom. The van der Waals surface area contributed by atoms with Crippen LogP contribution in [0, 0.1) is 12.7 Å². The third-order valence-electron chi connectivity index (χ3n) is 6.25. The summed E-state index contributed by atoms with van der Waals surface area (Å²) in [4.78, 5) is 45.2. The predicted molar refractivity (Wildman–Crippen MR) is 132 cm³/mol. The first kappa shape index (κ1) is 22.5. The number of aromatic nitrogens is 2. The fraction of sp³-hybridized carbons (Fsp3) is 0.185. The normalized spacial score (nSPS) is 12.9. The fourth-order valence-electron chi connectivity index (χ4n) is 4.48. The largest absolute Gasteiger partial charge is 0.322 e. The Morgan fingerprint density at radius 2 is 1.80 bits per heavy atom. The van der Waals surface area contributed by atoms with Crippen LogP contribution < -0.4 is 15.8 Å². The van der Waals surface area contributed by atoms with E-state index in [1.165, 1.54) is 28.8 Å². The number of carbonyl (C=O) groups is 2.